The number of hydrogen-bond donors (Lipinski definition) is 1. The summed E-state index contributed by atoms with van der Waals surface area (Å²) in [4.78, 5) is 2.09. The Morgan fingerprint density at radius 3 is 3.00 bits per heavy atom. The second kappa shape index (κ2) is 6.16. The number of benzene rings is 1. The molecule has 100 valence electrons. The zero-order valence-electron chi connectivity index (χ0n) is 11.1. The van der Waals surface area contributed by atoms with Crippen LogP contribution in [-0.4, -0.2) is 33.4 Å². The van der Waals surface area contributed by atoms with Gasteiger partial charge in [0, 0.05) is 38.0 Å². The molecule has 1 heterocycles. The van der Waals surface area contributed by atoms with Crippen molar-refractivity contribution in [3.8, 4) is 0 Å². The number of hydrogen-bond acceptors (Lipinski definition) is 3. The SMILES string of the molecule is CNCc1c(F)cccc1N(C)CC1CCCO1. The second-order valence-electron chi connectivity index (χ2n) is 4.78. The van der Waals surface area contributed by atoms with Gasteiger partial charge in [0.1, 0.15) is 5.82 Å². The van der Waals surface area contributed by atoms with Gasteiger partial charge in [0.2, 0.25) is 0 Å². The summed E-state index contributed by atoms with van der Waals surface area (Å²) in [7, 11) is 3.83. The Hall–Kier alpha value is -1.13. The molecule has 1 saturated heterocycles. The first kappa shape index (κ1) is 13.3. The van der Waals surface area contributed by atoms with Crippen LogP contribution in [0.15, 0.2) is 18.2 Å². The molecular weight excluding hydrogens is 231 g/mol. The van der Waals surface area contributed by atoms with Crippen LogP contribution in [0.4, 0.5) is 10.1 Å². The summed E-state index contributed by atoms with van der Waals surface area (Å²) in [5.41, 5.74) is 1.67. The van der Waals surface area contributed by atoms with Crippen molar-refractivity contribution in [2.24, 2.45) is 0 Å². The maximum Gasteiger partial charge on any atom is 0.129 e. The molecule has 2 rings (SSSR count). The van der Waals surface area contributed by atoms with E-state index in [-0.39, 0.29) is 11.9 Å². The second-order valence-corrected chi connectivity index (χ2v) is 4.78. The average Bonchev–Trinajstić information content (AvgIpc) is 2.84. The molecule has 1 atom stereocenters. The first-order valence-corrected chi connectivity index (χ1v) is 6.47. The number of rotatable bonds is 5. The lowest BCUT2D eigenvalue weighted by Crippen LogP contribution is -2.30. The van der Waals surface area contributed by atoms with Gasteiger partial charge < -0.3 is 15.0 Å². The molecule has 1 aliphatic heterocycles. The van der Waals surface area contributed by atoms with E-state index in [1.165, 1.54) is 6.07 Å². The number of likely N-dealkylation sites (N-methyl/N-ethyl adjacent to an activating group) is 1. The fraction of sp³-hybridized carbons (Fsp3) is 0.571. The third-order valence-electron chi connectivity index (χ3n) is 3.36. The van der Waals surface area contributed by atoms with Gasteiger partial charge >= 0.3 is 0 Å². The quantitative estimate of drug-likeness (QED) is 0.869. The van der Waals surface area contributed by atoms with Crippen LogP contribution < -0.4 is 10.2 Å². The Morgan fingerprint density at radius 2 is 2.33 bits per heavy atom. The van der Waals surface area contributed by atoms with Gasteiger partial charge in [0.05, 0.1) is 6.10 Å². The van der Waals surface area contributed by atoms with Gasteiger partial charge in [0.15, 0.2) is 0 Å². The van der Waals surface area contributed by atoms with Crippen molar-refractivity contribution in [2.45, 2.75) is 25.5 Å². The van der Waals surface area contributed by atoms with Gasteiger partial charge in [-0.15, -0.1) is 0 Å². The lowest BCUT2D eigenvalue weighted by Gasteiger charge is -2.25. The van der Waals surface area contributed by atoms with Crippen LogP contribution >= 0.6 is 0 Å². The highest BCUT2D eigenvalue weighted by molar-refractivity contribution is 5.53. The van der Waals surface area contributed by atoms with E-state index in [4.69, 9.17) is 4.74 Å². The van der Waals surface area contributed by atoms with Gasteiger partial charge in [-0.1, -0.05) is 6.07 Å². The van der Waals surface area contributed by atoms with E-state index >= 15 is 0 Å². The summed E-state index contributed by atoms with van der Waals surface area (Å²) in [5, 5.41) is 3.02. The monoisotopic (exact) mass is 252 g/mol. The predicted octanol–water partition coefficient (Wildman–Crippen LogP) is 2.16. The third kappa shape index (κ3) is 3.00. The molecule has 1 aromatic rings. The highest BCUT2D eigenvalue weighted by atomic mass is 19.1. The van der Waals surface area contributed by atoms with E-state index < -0.39 is 0 Å². The van der Waals surface area contributed by atoms with E-state index in [2.05, 4.69) is 10.2 Å². The summed E-state index contributed by atoms with van der Waals surface area (Å²) < 4.78 is 19.4. The first-order chi connectivity index (χ1) is 8.72. The van der Waals surface area contributed by atoms with E-state index in [9.17, 15) is 4.39 Å². The largest absolute Gasteiger partial charge is 0.376 e. The van der Waals surface area contributed by atoms with Gasteiger partial charge in [-0.25, -0.2) is 4.39 Å². The molecule has 0 spiro atoms. The molecule has 0 saturated carbocycles. The van der Waals surface area contributed by atoms with Gasteiger partial charge in [-0.2, -0.15) is 0 Å². The fourth-order valence-corrected chi connectivity index (χ4v) is 2.45. The van der Waals surface area contributed by atoms with E-state index in [0.29, 0.717) is 6.54 Å². The number of halogens is 1. The predicted molar refractivity (Wildman–Crippen MR) is 71.4 cm³/mol. The minimum atomic E-state index is -0.152. The maximum atomic E-state index is 13.8. The smallest absolute Gasteiger partial charge is 0.129 e. The van der Waals surface area contributed by atoms with E-state index in [0.717, 1.165) is 37.2 Å². The normalized spacial score (nSPS) is 19.2. The number of anilines is 1. The van der Waals surface area contributed by atoms with Crippen molar-refractivity contribution in [2.75, 3.05) is 32.1 Å². The highest BCUT2D eigenvalue weighted by Crippen LogP contribution is 2.24. The molecule has 0 aliphatic carbocycles. The standard InChI is InChI=1S/C14H21FN2O/c1-16-9-12-13(15)6-3-7-14(12)17(2)10-11-5-4-8-18-11/h3,6-7,11,16H,4-5,8-10H2,1-2H3. The van der Waals surface area contributed by atoms with Crippen molar-refractivity contribution in [1.29, 1.82) is 0 Å². The molecule has 0 radical (unpaired) electrons. The van der Waals surface area contributed by atoms with E-state index in [1.54, 1.807) is 6.07 Å². The Kier molecular flexibility index (Phi) is 4.55. The lowest BCUT2D eigenvalue weighted by molar-refractivity contribution is 0.116. The van der Waals surface area contributed by atoms with Crippen molar-refractivity contribution < 1.29 is 9.13 Å². The molecule has 3 nitrogen and oxygen atoms in total. The molecule has 1 aliphatic rings. The number of ether oxygens (including phenoxy) is 1. The fourth-order valence-electron chi connectivity index (χ4n) is 2.45. The van der Waals surface area contributed by atoms with Crippen LogP contribution in [0.2, 0.25) is 0 Å². The molecule has 18 heavy (non-hydrogen) atoms. The summed E-state index contributed by atoms with van der Waals surface area (Å²) >= 11 is 0. The first-order valence-electron chi connectivity index (χ1n) is 6.47. The zero-order valence-corrected chi connectivity index (χ0v) is 11.1. The van der Waals surface area contributed by atoms with Gasteiger partial charge in [-0.05, 0) is 32.0 Å². The molecule has 0 amide bonds. The molecule has 1 unspecified atom stereocenters. The lowest BCUT2D eigenvalue weighted by atomic mass is 10.1. The summed E-state index contributed by atoms with van der Waals surface area (Å²) in [5.74, 6) is -0.152. The summed E-state index contributed by atoms with van der Waals surface area (Å²) in [6, 6.07) is 5.23. The van der Waals surface area contributed by atoms with Gasteiger partial charge in [0.25, 0.3) is 0 Å². The topological polar surface area (TPSA) is 24.5 Å². The molecule has 1 N–H and O–H groups in total. The molecule has 0 aromatic heterocycles. The molecule has 4 heteroatoms. The Balaban J connectivity index is 2.12. The summed E-state index contributed by atoms with van der Waals surface area (Å²) in [6.45, 7) is 2.21. The van der Waals surface area contributed by atoms with Gasteiger partial charge in [-0.3, -0.25) is 0 Å². The van der Waals surface area contributed by atoms with E-state index in [1.807, 2.05) is 20.2 Å². The Bertz CT molecular complexity index is 391. The number of nitrogens with one attached hydrogen (secondary N) is 1. The van der Waals surface area contributed by atoms with Crippen molar-refractivity contribution in [1.82, 2.24) is 5.32 Å². The molecule has 1 aromatic carbocycles. The van der Waals surface area contributed by atoms with Crippen LogP contribution in [0.25, 0.3) is 0 Å². The van der Waals surface area contributed by atoms with Crippen molar-refractivity contribution >= 4 is 5.69 Å². The third-order valence-corrected chi connectivity index (χ3v) is 3.36. The van der Waals surface area contributed by atoms with Crippen molar-refractivity contribution in [3.63, 3.8) is 0 Å². The van der Waals surface area contributed by atoms with Crippen LogP contribution in [0.5, 0.6) is 0 Å². The molecular formula is C14H21FN2O. The minimum Gasteiger partial charge on any atom is -0.376 e. The van der Waals surface area contributed by atoms with Crippen LogP contribution in [0, 0.1) is 5.82 Å². The maximum absolute atomic E-state index is 13.8. The Morgan fingerprint density at radius 1 is 1.50 bits per heavy atom. The minimum absolute atomic E-state index is 0.152. The molecule has 0 bridgehead atoms. The highest BCUT2D eigenvalue weighted by Gasteiger charge is 2.19. The van der Waals surface area contributed by atoms with Crippen LogP contribution in [0.3, 0.4) is 0 Å². The zero-order chi connectivity index (χ0) is 13.0. The number of nitrogens with zero attached hydrogens (tertiary/aromatic N) is 1. The Labute approximate surface area is 108 Å². The summed E-state index contributed by atoms with van der Waals surface area (Å²) in [6.07, 6.45) is 2.51. The molecule has 1 fully saturated rings. The van der Waals surface area contributed by atoms with Crippen molar-refractivity contribution in [3.05, 3.63) is 29.6 Å². The van der Waals surface area contributed by atoms with Crippen LogP contribution in [-0.2, 0) is 11.3 Å². The van der Waals surface area contributed by atoms with Crippen LogP contribution in [0.1, 0.15) is 18.4 Å². The average molecular weight is 252 g/mol.